The van der Waals surface area contributed by atoms with Gasteiger partial charge in [0.15, 0.2) is 0 Å². The lowest BCUT2D eigenvalue weighted by atomic mass is 9.95. The van der Waals surface area contributed by atoms with E-state index in [2.05, 4.69) is 12.2 Å². The zero-order chi connectivity index (χ0) is 20.4. The molecule has 1 aliphatic carbocycles. The van der Waals surface area contributed by atoms with Crippen LogP contribution in [0.5, 0.6) is 5.75 Å². The Morgan fingerprint density at radius 2 is 1.24 bits per heavy atom. The maximum Gasteiger partial charge on any atom is 0.416 e. The zero-order valence-corrected chi connectivity index (χ0v) is 15.8. The topological polar surface area (TPSA) is 9.23 Å². The molecule has 29 heavy (non-hydrogen) atoms. The Balaban J connectivity index is 1.74. The first kappa shape index (κ1) is 19.1. The van der Waals surface area contributed by atoms with E-state index in [0.717, 1.165) is 45.7 Å². The molecule has 4 heteroatoms. The van der Waals surface area contributed by atoms with E-state index in [4.69, 9.17) is 4.74 Å². The van der Waals surface area contributed by atoms with Crippen molar-refractivity contribution in [3.63, 3.8) is 0 Å². The minimum absolute atomic E-state index is 0.0930. The molecule has 0 radical (unpaired) electrons. The molecule has 0 saturated carbocycles. The van der Waals surface area contributed by atoms with Crippen LogP contribution in [-0.4, -0.2) is 7.11 Å². The van der Waals surface area contributed by atoms with Gasteiger partial charge in [-0.15, -0.1) is 0 Å². The Kier molecular flexibility index (Phi) is 5.01. The summed E-state index contributed by atoms with van der Waals surface area (Å²) in [6.45, 7) is 0. The number of ether oxygens (including phenoxy) is 1. The van der Waals surface area contributed by atoms with Crippen molar-refractivity contribution in [2.24, 2.45) is 0 Å². The predicted octanol–water partition coefficient (Wildman–Crippen LogP) is 6.98. The quantitative estimate of drug-likeness (QED) is 0.465. The predicted molar refractivity (Wildman–Crippen MR) is 110 cm³/mol. The van der Waals surface area contributed by atoms with Crippen LogP contribution in [-0.2, 0) is 6.18 Å². The number of rotatable bonds is 4. The fraction of sp³-hybridized carbons (Fsp3) is 0.120. The summed E-state index contributed by atoms with van der Waals surface area (Å²) in [5.74, 6) is 0.682. The van der Waals surface area contributed by atoms with Crippen molar-refractivity contribution in [3.8, 4) is 5.75 Å². The summed E-state index contributed by atoms with van der Waals surface area (Å²) in [6.07, 6.45) is -0.117. The van der Waals surface area contributed by atoms with E-state index in [1.165, 1.54) is 0 Å². The van der Waals surface area contributed by atoms with E-state index >= 15 is 0 Å². The minimum Gasteiger partial charge on any atom is -0.497 e. The first-order valence-corrected chi connectivity index (χ1v) is 9.27. The van der Waals surface area contributed by atoms with Crippen LogP contribution in [0.2, 0.25) is 0 Å². The lowest BCUT2D eigenvalue weighted by Crippen LogP contribution is -2.04. The van der Waals surface area contributed by atoms with Crippen LogP contribution in [0.4, 0.5) is 13.2 Å². The van der Waals surface area contributed by atoms with Crippen molar-refractivity contribution in [3.05, 3.63) is 113 Å². The average Bonchev–Trinajstić information content (AvgIpc) is 3.19. The second-order valence-electron chi connectivity index (χ2n) is 6.90. The van der Waals surface area contributed by atoms with Crippen LogP contribution in [0.1, 0.15) is 28.2 Å². The monoisotopic (exact) mass is 392 g/mol. The van der Waals surface area contributed by atoms with Crippen LogP contribution in [0, 0.1) is 0 Å². The number of alkyl halides is 3. The molecule has 0 saturated heterocycles. The van der Waals surface area contributed by atoms with E-state index in [9.17, 15) is 13.2 Å². The van der Waals surface area contributed by atoms with Gasteiger partial charge in [-0.1, -0.05) is 66.7 Å². The number of hydrogen-bond donors (Lipinski definition) is 0. The van der Waals surface area contributed by atoms with Crippen LogP contribution in [0.15, 0.2) is 91.0 Å². The summed E-state index contributed by atoms with van der Waals surface area (Å²) >= 11 is 0. The smallest absolute Gasteiger partial charge is 0.416 e. The Morgan fingerprint density at radius 1 is 0.690 bits per heavy atom. The Labute approximate surface area is 167 Å². The van der Waals surface area contributed by atoms with Crippen molar-refractivity contribution in [2.75, 3.05) is 7.11 Å². The highest BCUT2D eigenvalue weighted by atomic mass is 19.4. The Hall–Kier alpha value is -3.27. The highest BCUT2D eigenvalue weighted by molar-refractivity contribution is 6.07. The first-order chi connectivity index (χ1) is 14.0. The molecule has 0 fully saturated rings. The van der Waals surface area contributed by atoms with Crippen LogP contribution in [0.25, 0.3) is 11.1 Å². The minimum atomic E-state index is -4.33. The van der Waals surface area contributed by atoms with Crippen molar-refractivity contribution in [1.82, 2.24) is 0 Å². The molecule has 0 spiro atoms. The molecule has 1 unspecified atom stereocenters. The molecular weight excluding hydrogens is 373 g/mol. The summed E-state index contributed by atoms with van der Waals surface area (Å²) in [7, 11) is 1.62. The third kappa shape index (κ3) is 3.97. The van der Waals surface area contributed by atoms with E-state index < -0.39 is 11.7 Å². The Morgan fingerprint density at radius 3 is 1.76 bits per heavy atom. The van der Waals surface area contributed by atoms with Gasteiger partial charge in [0.25, 0.3) is 0 Å². The van der Waals surface area contributed by atoms with Crippen molar-refractivity contribution >= 4 is 11.1 Å². The number of allylic oxidation sites excluding steroid dienone is 4. The number of benzene rings is 3. The fourth-order valence-electron chi connectivity index (χ4n) is 3.57. The molecule has 146 valence electrons. The van der Waals surface area contributed by atoms with Crippen LogP contribution >= 0.6 is 0 Å². The molecule has 4 rings (SSSR count). The molecule has 0 N–H and O–H groups in total. The van der Waals surface area contributed by atoms with E-state index in [1.54, 1.807) is 19.2 Å². The summed E-state index contributed by atoms with van der Waals surface area (Å²) in [5, 5.41) is 0. The molecule has 3 aromatic carbocycles. The summed E-state index contributed by atoms with van der Waals surface area (Å²) < 4.78 is 43.9. The maximum atomic E-state index is 12.9. The molecule has 3 aromatic rings. The van der Waals surface area contributed by atoms with Gasteiger partial charge in [0, 0.05) is 5.92 Å². The normalized spacial score (nSPS) is 16.3. The third-order valence-electron chi connectivity index (χ3n) is 5.09. The molecule has 1 atom stereocenters. The van der Waals surface area contributed by atoms with Crippen molar-refractivity contribution < 1.29 is 17.9 Å². The van der Waals surface area contributed by atoms with Gasteiger partial charge in [0.2, 0.25) is 0 Å². The van der Waals surface area contributed by atoms with Gasteiger partial charge in [0.1, 0.15) is 5.75 Å². The van der Waals surface area contributed by atoms with Crippen LogP contribution < -0.4 is 4.74 Å². The highest BCUT2D eigenvalue weighted by Crippen LogP contribution is 2.42. The van der Waals surface area contributed by atoms with Gasteiger partial charge in [0.05, 0.1) is 12.7 Å². The lowest BCUT2D eigenvalue weighted by molar-refractivity contribution is -0.137. The fourth-order valence-corrected chi connectivity index (χ4v) is 3.57. The second-order valence-corrected chi connectivity index (χ2v) is 6.90. The summed E-state index contributed by atoms with van der Waals surface area (Å²) in [5.41, 5.74) is 4.43. The standard InChI is InChI=1S/C25H19F3O/c1-29-22-13-9-19(10-14-22)24-16-20(15-23(24)18-5-3-2-4-6-18)17-7-11-21(12-8-17)25(26,27)28/h2-16,20H,1H3. The number of hydrogen-bond acceptors (Lipinski definition) is 1. The summed E-state index contributed by atoms with van der Waals surface area (Å²) in [4.78, 5) is 0. The van der Waals surface area contributed by atoms with Gasteiger partial charge in [-0.2, -0.15) is 13.2 Å². The molecule has 1 nitrogen and oxygen atoms in total. The Bertz CT molecular complexity index is 1040. The SMILES string of the molecule is COc1ccc(C2=CC(c3ccc(C(F)(F)F)cc3)C=C2c2ccccc2)cc1. The average molecular weight is 392 g/mol. The van der Waals surface area contributed by atoms with Gasteiger partial charge in [-0.3, -0.25) is 0 Å². The van der Waals surface area contributed by atoms with Gasteiger partial charge < -0.3 is 4.74 Å². The van der Waals surface area contributed by atoms with E-state index in [-0.39, 0.29) is 5.92 Å². The second kappa shape index (κ2) is 7.63. The summed E-state index contributed by atoms with van der Waals surface area (Å²) in [6, 6.07) is 23.2. The van der Waals surface area contributed by atoms with E-state index in [1.807, 2.05) is 54.6 Å². The molecule has 0 bridgehead atoms. The number of halogens is 3. The first-order valence-electron chi connectivity index (χ1n) is 9.27. The van der Waals surface area contributed by atoms with Gasteiger partial charge in [-0.05, 0) is 52.1 Å². The molecular formula is C25H19F3O. The van der Waals surface area contributed by atoms with Crippen molar-refractivity contribution in [1.29, 1.82) is 0 Å². The largest absolute Gasteiger partial charge is 0.497 e. The molecule has 0 aliphatic heterocycles. The highest BCUT2D eigenvalue weighted by Gasteiger charge is 2.30. The molecule has 0 heterocycles. The van der Waals surface area contributed by atoms with Gasteiger partial charge in [-0.25, -0.2) is 0 Å². The number of methoxy groups -OCH3 is 1. The zero-order valence-electron chi connectivity index (χ0n) is 15.8. The maximum absolute atomic E-state index is 12.9. The third-order valence-corrected chi connectivity index (χ3v) is 5.09. The molecule has 0 aromatic heterocycles. The molecule has 0 amide bonds. The van der Waals surface area contributed by atoms with Crippen molar-refractivity contribution in [2.45, 2.75) is 12.1 Å². The molecule has 1 aliphatic rings. The van der Waals surface area contributed by atoms with Gasteiger partial charge >= 0.3 is 6.18 Å². The van der Waals surface area contributed by atoms with Crippen LogP contribution in [0.3, 0.4) is 0 Å². The lowest BCUT2D eigenvalue weighted by Gasteiger charge is -2.10. The van der Waals surface area contributed by atoms with E-state index in [0.29, 0.717) is 0 Å².